The van der Waals surface area contributed by atoms with Gasteiger partial charge in [-0.05, 0) is 38.3 Å². The van der Waals surface area contributed by atoms with Gasteiger partial charge in [-0.25, -0.2) is 4.98 Å². The van der Waals surface area contributed by atoms with Gasteiger partial charge in [0.2, 0.25) is 5.91 Å². The van der Waals surface area contributed by atoms with E-state index < -0.39 is 0 Å². The van der Waals surface area contributed by atoms with E-state index in [1.165, 1.54) is 12.8 Å². The first-order valence-corrected chi connectivity index (χ1v) is 7.95. The molecule has 0 saturated carbocycles. The number of nitrogens with zero attached hydrogens (tertiary/aromatic N) is 3. The van der Waals surface area contributed by atoms with Crippen molar-refractivity contribution in [3.8, 4) is 0 Å². The van der Waals surface area contributed by atoms with Crippen LogP contribution >= 0.6 is 0 Å². The lowest BCUT2D eigenvalue weighted by Gasteiger charge is -2.20. The molecule has 1 saturated heterocycles. The Bertz CT molecular complexity index is 506. The molecule has 1 amide bonds. The summed E-state index contributed by atoms with van der Waals surface area (Å²) in [7, 11) is 0. The van der Waals surface area contributed by atoms with E-state index in [9.17, 15) is 4.79 Å². The molecule has 0 radical (unpaired) electrons. The lowest BCUT2D eigenvalue weighted by atomic mass is 10.3. The number of guanidine groups is 1. The van der Waals surface area contributed by atoms with E-state index >= 15 is 0 Å². The third-order valence-electron chi connectivity index (χ3n) is 3.52. The molecule has 120 valence electrons. The van der Waals surface area contributed by atoms with Gasteiger partial charge in [0.1, 0.15) is 5.82 Å². The van der Waals surface area contributed by atoms with Crippen LogP contribution in [0.1, 0.15) is 31.7 Å². The summed E-state index contributed by atoms with van der Waals surface area (Å²) < 4.78 is 0. The molecule has 0 spiro atoms. The van der Waals surface area contributed by atoms with Gasteiger partial charge in [0, 0.05) is 32.3 Å². The summed E-state index contributed by atoms with van der Waals surface area (Å²) in [6.07, 6.45) is 4.52. The number of pyridine rings is 1. The Labute approximate surface area is 132 Å². The fourth-order valence-corrected chi connectivity index (χ4v) is 2.37. The number of nitrogens with one attached hydrogen (secondary N) is 2. The summed E-state index contributed by atoms with van der Waals surface area (Å²) >= 11 is 0. The number of hydrogen-bond donors (Lipinski definition) is 2. The van der Waals surface area contributed by atoms with Gasteiger partial charge in [-0.2, -0.15) is 0 Å². The Hall–Kier alpha value is -2.11. The highest BCUT2D eigenvalue weighted by Crippen LogP contribution is 2.08. The Kier molecular flexibility index (Phi) is 6.18. The predicted molar refractivity (Wildman–Crippen MR) is 89.0 cm³/mol. The minimum Gasteiger partial charge on any atom is -0.357 e. The monoisotopic (exact) mass is 303 g/mol. The standard InChI is InChI=1S/C16H25N5O/c1-3-17-16(21-10-4-5-11-21)18-9-8-15(22)20-14-7-6-13(2)12-19-14/h6-7,12H,3-5,8-11H2,1-2H3,(H,17,18)(H,19,20,22). The third-order valence-corrected chi connectivity index (χ3v) is 3.52. The second-order valence-electron chi connectivity index (χ2n) is 5.45. The molecule has 22 heavy (non-hydrogen) atoms. The van der Waals surface area contributed by atoms with Crippen molar-refractivity contribution in [1.82, 2.24) is 15.2 Å². The molecule has 2 heterocycles. The smallest absolute Gasteiger partial charge is 0.227 e. The van der Waals surface area contributed by atoms with E-state index in [0.717, 1.165) is 31.2 Å². The SMILES string of the molecule is CCNC(=NCCC(=O)Nc1ccc(C)cn1)N1CCCC1. The zero-order chi connectivity index (χ0) is 15.8. The molecular weight excluding hydrogens is 278 g/mol. The quantitative estimate of drug-likeness (QED) is 0.642. The summed E-state index contributed by atoms with van der Waals surface area (Å²) in [6.45, 7) is 7.44. The first-order chi connectivity index (χ1) is 10.7. The summed E-state index contributed by atoms with van der Waals surface area (Å²) in [5.74, 6) is 1.45. The van der Waals surface area contributed by atoms with Crippen LogP contribution in [0.15, 0.2) is 23.3 Å². The van der Waals surface area contributed by atoms with E-state index in [1.807, 2.05) is 19.1 Å². The van der Waals surface area contributed by atoms with E-state index in [0.29, 0.717) is 18.8 Å². The average molecular weight is 303 g/mol. The van der Waals surface area contributed by atoms with Crippen molar-refractivity contribution in [2.24, 2.45) is 4.99 Å². The summed E-state index contributed by atoms with van der Waals surface area (Å²) in [5, 5.41) is 6.08. The first kappa shape index (κ1) is 16.3. The predicted octanol–water partition coefficient (Wildman–Crippen LogP) is 1.78. The molecule has 6 nitrogen and oxygen atoms in total. The number of aromatic nitrogens is 1. The number of likely N-dealkylation sites (tertiary alicyclic amines) is 1. The molecular formula is C16H25N5O. The molecule has 0 aromatic carbocycles. The van der Waals surface area contributed by atoms with Crippen LogP contribution in [0.3, 0.4) is 0 Å². The number of amides is 1. The maximum Gasteiger partial charge on any atom is 0.227 e. The normalized spacial score (nSPS) is 15.0. The minimum atomic E-state index is -0.0580. The van der Waals surface area contributed by atoms with Gasteiger partial charge in [-0.1, -0.05) is 6.07 Å². The minimum absolute atomic E-state index is 0.0580. The zero-order valence-corrected chi connectivity index (χ0v) is 13.4. The van der Waals surface area contributed by atoms with Crippen molar-refractivity contribution in [1.29, 1.82) is 0 Å². The lowest BCUT2D eigenvalue weighted by molar-refractivity contribution is -0.116. The Morgan fingerprint density at radius 1 is 1.36 bits per heavy atom. The average Bonchev–Trinajstić information content (AvgIpc) is 3.03. The fraction of sp³-hybridized carbons (Fsp3) is 0.562. The Morgan fingerprint density at radius 2 is 2.14 bits per heavy atom. The van der Waals surface area contributed by atoms with Gasteiger partial charge in [-0.15, -0.1) is 0 Å². The maximum atomic E-state index is 11.9. The molecule has 1 fully saturated rings. The molecule has 2 N–H and O–H groups in total. The molecule has 6 heteroatoms. The van der Waals surface area contributed by atoms with Crippen LogP contribution in [0.2, 0.25) is 0 Å². The first-order valence-electron chi connectivity index (χ1n) is 7.95. The van der Waals surface area contributed by atoms with E-state index in [2.05, 4.69) is 32.4 Å². The maximum absolute atomic E-state index is 11.9. The molecule has 0 aliphatic carbocycles. The highest BCUT2D eigenvalue weighted by Gasteiger charge is 2.15. The van der Waals surface area contributed by atoms with Crippen LogP contribution in [0.4, 0.5) is 5.82 Å². The van der Waals surface area contributed by atoms with Crippen molar-refractivity contribution >= 4 is 17.7 Å². The Morgan fingerprint density at radius 3 is 2.77 bits per heavy atom. The Balaban J connectivity index is 1.81. The highest BCUT2D eigenvalue weighted by atomic mass is 16.1. The van der Waals surface area contributed by atoms with Crippen molar-refractivity contribution in [3.05, 3.63) is 23.9 Å². The summed E-state index contributed by atoms with van der Waals surface area (Å²) in [5.41, 5.74) is 1.07. The van der Waals surface area contributed by atoms with Crippen LogP contribution in [0, 0.1) is 6.92 Å². The molecule has 1 aromatic heterocycles. The van der Waals surface area contributed by atoms with Gasteiger partial charge in [0.25, 0.3) is 0 Å². The number of anilines is 1. The van der Waals surface area contributed by atoms with Crippen molar-refractivity contribution in [3.63, 3.8) is 0 Å². The van der Waals surface area contributed by atoms with Crippen LogP contribution in [0.5, 0.6) is 0 Å². The number of carbonyl (C=O) groups excluding carboxylic acids is 1. The largest absolute Gasteiger partial charge is 0.357 e. The second-order valence-corrected chi connectivity index (χ2v) is 5.45. The van der Waals surface area contributed by atoms with Crippen molar-refractivity contribution in [2.45, 2.75) is 33.1 Å². The van der Waals surface area contributed by atoms with Gasteiger partial charge in [0.05, 0.1) is 6.54 Å². The topological polar surface area (TPSA) is 69.6 Å². The van der Waals surface area contributed by atoms with E-state index in [4.69, 9.17) is 0 Å². The molecule has 2 rings (SSSR count). The highest BCUT2D eigenvalue weighted by molar-refractivity contribution is 5.90. The molecule has 0 atom stereocenters. The van der Waals surface area contributed by atoms with Gasteiger partial charge >= 0.3 is 0 Å². The van der Waals surface area contributed by atoms with Crippen molar-refractivity contribution in [2.75, 3.05) is 31.5 Å². The number of rotatable bonds is 5. The third kappa shape index (κ3) is 5.02. The molecule has 0 unspecified atom stereocenters. The van der Waals surface area contributed by atoms with E-state index in [-0.39, 0.29) is 5.91 Å². The molecule has 0 bridgehead atoms. The zero-order valence-electron chi connectivity index (χ0n) is 13.4. The number of aliphatic imine (C=N–C) groups is 1. The number of carbonyl (C=O) groups is 1. The van der Waals surface area contributed by atoms with E-state index in [1.54, 1.807) is 6.20 Å². The molecule has 1 aliphatic rings. The number of hydrogen-bond acceptors (Lipinski definition) is 3. The van der Waals surface area contributed by atoms with Gasteiger partial charge < -0.3 is 15.5 Å². The van der Waals surface area contributed by atoms with Crippen LogP contribution in [0.25, 0.3) is 0 Å². The number of aryl methyl sites for hydroxylation is 1. The van der Waals surface area contributed by atoms with Gasteiger partial charge in [-0.3, -0.25) is 9.79 Å². The molecule has 1 aromatic rings. The van der Waals surface area contributed by atoms with Crippen molar-refractivity contribution < 1.29 is 4.79 Å². The summed E-state index contributed by atoms with van der Waals surface area (Å²) in [4.78, 5) is 22.9. The van der Waals surface area contributed by atoms with Gasteiger partial charge in [0.15, 0.2) is 5.96 Å². The van der Waals surface area contributed by atoms with Crippen LogP contribution in [-0.2, 0) is 4.79 Å². The van der Waals surface area contributed by atoms with Crippen LogP contribution in [-0.4, -0.2) is 47.9 Å². The summed E-state index contributed by atoms with van der Waals surface area (Å²) in [6, 6.07) is 3.74. The lowest BCUT2D eigenvalue weighted by Crippen LogP contribution is -2.39. The second kappa shape index (κ2) is 8.36. The molecule has 1 aliphatic heterocycles. The van der Waals surface area contributed by atoms with Crippen LogP contribution < -0.4 is 10.6 Å². The fourth-order valence-electron chi connectivity index (χ4n) is 2.37.